The van der Waals surface area contributed by atoms with Crippen LogP contribution in [0.1, 0.15) is 11.1 Å². The van der Waals surface area contributed by atoms with Gasteiger partial charge in [0, 0.05) is 6.54 Å². The fourth-order valence-corrected chi connectivity index (χ4v) is 1.59. The van der Waals surface area contributed by atoms with Crippen LogP contribution >= 0.6 is 0 Å². The zero-order valence-corrected chi connectivity index (χ0v) is 8.83. The van der Waals surface area contributed by atoms with Gasteiger partial charge in [-0.3, -0.25) is 0 Å². The zero-order valence-electron chi connectivity index (χ0n) is 8.83. The van der Waals surface area contributed by atoms with Crippen molar-refractivity contribution in [2.45, 2.75) is 13.5 Å². The smallest absolute Gasteiger partial charge is 0.0178 e. The van der Waals surface area contributed by atoms with Gasteiger partial charge in [-0.2, -0.15) is 0 Å². The van der Waals surface area contributed by atoms with Crippen LogP contribution < -0.4 is 5.73 Å². The zero-order chi connectivity index (χ0) is 10.7. The van der Waals surface area contributed by atoms with Crippen molar-refractivity contribution in [3.63, 3.8) is 0 Å². The number of hydrogen-bond acceptors (Lipinski definition) is 1. The Morgan fingerprint density at radius 2 is 1.80 bits per heavy atom. The highest BCUT2D eigenvalue weighted by molar-refractivity contribution is 5.64. The highest BCUT2D eigenvalue weighted by Gasteiger charge is 1.97. The first-order chi connectivity index (χ1) is 7.29. The predicted molar refractivity (Wildman–Crippen MR) is 63.3 cm³/mol. The second-order valence-corrected chi connectivity index (χ2v) is 3.70. The number of aryl methyl sites for hydroxylation is 1. The Hall–Kier alpha value is -1.60. The lowest BCUT2D eigenvalue weighted by atomic mass is 10.0. The molecule has 0 aliphatic carbocycles. The summed E-state index contributed by atoms with van der Waals surface area (Å²) in [7, 11) is 0. The largest absolute Gasteiger partial charge is 0.326 e. The van der Waals surface area contributed by atoms with Crippen LogP contribution in [0.5, 0.6) is 0 Å². The fraction of sp³-hybridized carbons (Fsp3) is 0.143. The molecule has 0 aliphatic heterocycles. The maximum Gasteiger partial charge on any atom is 0.0178 e. The fourth-order valence-electron chi connectivity index (χ4n) is 1.59. The van der Waals surface area contributed by atoms with Gasteiger partial charge in [-0.05, 0) is 41.3 Å². The molecule has 0 aliphatic rings. The first-order valence-corrected chi connectivity index (χ1v) is 5.07. The summed E-state index contributed by atoms with van der Waals surface area (Å²) in [6, 6.07) is 17.6. The Bertz CT molecular complexity index is 443. The maximum atomic E-state index is 5.56. The van der Waals surface area contributed by atoms with Gasteiger partial charge in [0.1, 0.15) is 0 Å². The van der Waals surface area contributed by atoms with Crippen molar-refractivity contribution in [3.05, 3.63) is 59.7 Å². The van der Waals surface area contributed by atoms with Crippen LogP contribution in [0.2, 0.25) is 0 Å². The number of nitrogens with two attached hydrogens (primary N) is 1. The van der Waals surface area contributed by atoms with E-state index < -0.39 is 0 Å². The Morgan fingerprint density at radius 1 is 1.07 bits per heavy atom. The van der Waals surface area contributed by atoms with Crippen molar-refractivity contribution < 1.29 is 0 Å². The van der Waals surface area contributed by atoms with Gasteiger partial charge in [-0.15, -0.1) is 0 Å². The van der Waals surface area contributed by atoms with Crippen molar-refractivity contribution in [2.24, 2.45) is 5.73 Å². The van der Waals surface area contributed by atoms with Crippen molar-refractivity contribution in [3.8, 4) is 11.1 Å². The topological polar surface area (TPSA) is 26.0 Å². The van der Waals surface area contributed by atoms with Crippen LogP contribution in [-0.2, 0) is 6.54 Å². The van der Waals surface area contributed by atoms with E-state index in [-0.39, 0.29) is 0 Å². The van der Waals surface area contributed by atoms with E-state index in [2.05, 4.69) is 43.3 Å². The third-order valence-corrected chi connectivity index (χ3v) is 2.46. The Balaban J connectivity index is 2.37. The van der Waals surface area contributed by atoms with Crippen LogP contribution in [0.4, 0.5) is 0 Å². The van der Waals surface area contributed by atoms with Gasteiger partial charge < -0.3 is 5.73 Å². The summed E-state index contributed by atoms with van der Waals surface area (Å²) in [5.41, 5.74) is 10.4. The molecule has 1 nitrogen and oxygen atoms in total. The number of benzene rings is 2. The lowest BCUT2D eigenvalue weighted by Crippen LogP contribution is -1.95. The monoisotopic (exact) mass is 196 g/mol. The molecule has 0 amide bonds. The van der Waals surface area contributed by atoms with Gasteiger partial charge in [0.25, 0.3) is 0 Å². The first-order valence-electron chi connectivity index (χ1n) is 5.07. The lowest BCUT2D eigenvalue weighted by molar-refractivity contribution is 1.07. The van der Waals surface area contributed by atoms with E-state index in [1.807, 2.05) is 12.1 Å². The molecule has 2 aromatic carbocycles. The van der Waals surface area contributed by atoms with Crippen molar-refractivity contribution in [1.29, 1.82) is 0 Å². The second-order valence-electron chi connectivity index (χ2n) is 3.70. The van der Waals surface area contributed by atoms with Crippen molar-refractivity contribution in [1.82, 2.24) is 0 Å². The van der Waals surface area contributed by atoms with Crippen LogP contribution in [0.3, 0.4) is 0 Å². The van der Waals surface area contributed by atoms with Crippen LogP contribution in [-0.4, -0.2) is 0 Å². The van der Waals surface area contributed by atoms with E-state index in [0.29, 0.717) is 6.54 Å². The number of rotatable bonds is 2. The van der Waals surface area contributed by atoms with Crippen molar-refractivity contribution in [2.75, 3.05) is 0 Å². The molecular weight excluding hydrogens is 182 g/mol. The standard InChI is InChI=1S/C14H14N/c1-11-3-2-4-14(9-11)13-7-5-12(10-15)6-8-13/h3-9H,10,15H2,1H3. The van der Waals surface area contributed by atoms with Gasteiger partial charge in [0.15, 0.2) is 0 Å². The third-order valence-electron chi connectivity index (χ3n) is 2.46. The minimum atomic E-state index is 0.597. The summed E-state index contributed by atoms with van der Waals surface area (Å²) in [6.45, 7) is 2.68. The Labute approximate surface area is 90.6 Å². The summed E-state index contributed by atoms with van der Waals surface area (Å²) < 4.78 is 0. The van der Waals surface area contributed by atoms with Crippen LogP contribution in [0, 0.1) is 13.0 Å². The lowest BCUT2D eigenvalue weighted by Gasteiger charge is -2.03. The minimum Gasteiger partial charge on any atom is -0.326 e. The molecular formula is C14H14N. The van der Waals surface area contributed by atoms with Gasteiger partial charge >= 0.3 is 0 Å². The maximum absolute atomic E-state index is 5.56. The average molecular weight is 196 g/mol. The van der Waals surface area contributed by atoms with E-state index in [9.17, 15) is 0 Å². The van der Waals surface area contributed by atoms with Crippen LogP contribution in [0.15, 0.2) is 42.5 Å². The first kappa shape index (κ1) is 9.94. The van der Waals surface area contributed by atoms with Gasteiger partial charge in [0.2, 0.25) is 0 Å². The molecule has 2 aromatic rings. The summed E-state index contributed by atoms with van der Waals surface area (Å²) in [5.74, 6) is 0. The molecule has 1 radical (unpaired) electrons. The van der Waals surface area contributed by atoms with Crippen molar-refractivity contribution >= 4 is 0 Å². The predicted octanol–water partition coefficient (Wildman–Crippen LogP) is 2.92. The summed E-state index contributed by atoms with van der Waals surface area (Å²) in [6.07, 6.45) is 0. The van der Waals surface area contributed by atoms with E-state index in [1.165, 1.54) is 16.7 Å². The Kier molecular flexibility index (Phi) is 2.84. The van der Waals surface area contributed by atoms with E-state index in [4.69, 9.17) is 5.73 Å². The third kappa shape index (κ3) is 2.25. The summed E-state index contributed by atoms with van der Waals surface area (Å²) in [5, 5.41) is 0. The quantitative estimate of drug-likeness (QED) is 0.785. The molecule has 0 fully saturated rings. The Morgan fingerprint density at radius 3 is 2.40 bits per heavy atom. The molecule has 0 atom stereocenters. The highest BCUT2D eigenvalue weighted by Crippen LogP contribution is 2.20. The molecule has 0 spiro atoms. The molecule has 0 aromatic heterocycles. The molecule has 0 saturated heterocycles. The summed E-state index contributed by atoms with van der Waals surface area (Å²) in [4.78, 5) is 0. The second kappa shape index (κ2) is 4.28. The van der Waals surface area contributed by atoms with Gasteiger partial charge in [0.05, 0.1) is 0 Å². The molecule has 0 unspecified atom stereocenters. The van der Waals surface area contributed by atoms with Gasteiger partial charge in [-0.25, -0.2) is 0 Å². The van der Waals surface area contributed by atoms with E-state index in [1.54, 1.807) is 0 Å². The van der Waals surface area contributed by atoms with E-state index >= 15 is 0 Å². The number of hydrogen-bond donors (Lipinski definition) is 1. The highest BCUT2D eigenvalue weighted by atomic mass is 14.5. The van der Waals surface area contributed by atoms with Gasteiger partial charge in [-0.1, -0.05) is 36.4 Å². The molecule has 0 saturated carbocycles. The molecule has 75 valence electrons. The normalized spacial score (nSPS) is 10.3. The van der Waals surface area contributed by atoms with Crippen LogP contribution in [0.25, 0.3) is 11.1 Å². The molecule has 0 heterocycles. The molecule has 15 heavy (non-hydrogen) atoms. The minimum absolute atomic E-state index is 0.597. The molecule has 2 rings (SSSR count). The molecule has 0 bridgehead atoms. The average Bonchev–Trinajstić information content (AvgIpc) is 2.29. The summed E-state index contributed by atoms with van der Waals surface area (Å²) >= 11 is 0. The SMILES string of the molecule is Cc1c[c]cc(-c2ccc(CN)cc2)c1. The van der Waals surface area contributed by atoms with E-state index in [0.717, 1.165) is 5.56 Å². The molecule has 2 N–H and O–H groups in total. The molecule has 1 heteroatoms.